The van der Waals surface area contributed by atoms with Crippen molar-refractivity contribution >= 4 is 44.5 Å². The van der Waals surface area contributed by atoms with Gasteiger partial charge in [0.05, 0.1) is 24.1 Å². The van der Waals surface area contributed by atoms with Gasteiger partial charge in [0.25, 0.3) is 0 Å². The van der Waals surface area contributed by atoms with Crippen LogP contribution in [0.15, 0.2) is 39.5 Å². The van der Waals surface area contributed by atoms with Gasteiger partial charge in [0, 0.05) is 21.8 Å². The van der Waals surface area contributed by atoms with E-state index in [2.05, 4.69) is 31.0 Å². The van der Waals surface area contributed by atoms with E-state index in [4.69, 9.17) is 4.74 Å². The van der Waals surface area contributed by atoms with Crippen molar-refractivity contribution in [3.05, 3.63) is 50.8 Å². The first kappa shape index (κ1) is 20.7. The van der Waals surface area contributed by atoms with Gasteiger partial charge in [-0.25, -0.2) is 4.98 Å². The highest BCUT2D eigenvalue weighted by molar-refractivity contribution is 9.10. The molecule has 0 atom stereocenters. The average Bonchev–Trinajstić information content (AvgIpc) is 3.28. The van der Waals surface area contributed by atoms with Gasteiger partial charge in [-0.2, -0.15) is 8.78 Å². The number of amides is 1. The van der Waals surface area contributed by atoms with Crippen molar-refractivity contribution in [2.45, 2.75) is 19.6 Å². The van der Waals surface area contributed by atoms with Gasteiger partial charge in [0.2, 0.25) is 5.91 Å². The fraction of sp³-hybridized carbons (Fsp3) is 0.222. The lowest BCUT2D eigenvalue weighted by atomic mass is 10.2. The number of thiophene rings is 1. The summed E-state index contributed by atoms with van der Waals surface area (Å²) in [6, 6.07) is 6.59. The molecule has 3 rings (SSSR count). The molecule has 0 aliphatic carbocycles. The summed E-state index contributed by atoms with van der Waals surface area (Å²) >= 11 is 6.47. The lowest BCUT2D eigenvalue weighted by Gasteiger charge is -2.12. The Hall–Kier alpha value is -2.04. The highest BCUT2D eigenvalue weighted by Crippen LogP contribution is 2.32. The minimum absolute atomic E-state index is 0.0736. The quantitative estimate of drug-likeness (QED) is 0.478. The van der Waals surface area contributed by atoms with Crippen LogP contribution in [0.1, 0.15) is 11.3 Å². The summed E-state index contributed by atoms with van der Waals surface area (Å²) in [5.74, 6) is -0.0857. The summed E-state index contributed by atoms with van der Waals surface area (Å²) in [7, 11) is 1.37. The Labute approximate surface area is 176 Å². The number of nitrogens with zero attached hydrogens (tertiary/aromatic N) is 1. The molecule has 3 aromatic rings. The van der Waals surface area contributed by atoms with Crippen LogP contribution in [0, 0.1) is 0 Å². The smallest absolute Gasteiger partial charge is 0.387 e. The fourth-order valence-electron chi connectivity index (χ4n) is 2.37. The van der Waals surface area contributed by atoms with Crippen LogP contribution in [0.3, 0.4) is 0 Å². The maximum atomic E-state index is 12.5. The van der Waals surface area contributed by atoms with Crippen LogP contribution in [0.5, 0.6) is 11.5 Å². The van der Waals surface area contributed by atoms with E-state index in [0.717, 1.165) is 14.4 Å². The molecule has 10 heteroatoms. The van der Waals surface area contributed by atoms with E-state index in [1.165, 1.54) is 30.6 Å². The standard InChI is InChI=1S/C18H15BrF2N2O3S2/c1-25-13-3-2-10(4-14(13)26-18(20)21)7-22-16(24)6-12-9-28-17(23-12)15-5-11(19)8-27-15/h2-5,8-9,18H,6-7H2,1H3,(H,22,24). The van der Waals surface area contributed by atoms with Crippen molar-refractivity contribution in [2.24, 2.45) is 0 Å². The zero-order valence-electron chi connectivity index (χ0n) is 14.6. The predicted molar refractivity (Wildman–Crippen MR) is 108 cm³/mol. The molecule has 0 aliphatic heterocycles. The van der Waals surface area contributed by atoms with Gasteiger partial charge in [-0.3, -0.25) is 4.79 Å². The molecule has 0 bridgehead atoms. The molecule has 1 aromatic carbocycles. The van der Waals surface area contributed by atoms with Crippen molar-refractivity contribution in [3.63, 3.8) is 0 Å². The Kier molecular flexibility index (Phi) is 6.97. The molecular formula is C18H15BrF2N2O3S2. The number of methoxy groups -OCH3 is 1. The topological polar surface area (TPSA) is 60.5 Å². The van der Waals surface area contributed by atoms with Gasteiger partial charge in [-0.1, -0.05) is 6.07 Å². The highest BCUT2D eigenvalue weighted by atomic mass is 79.9. The first-order chi connectivity index (χ1) is 13.4. The first-order valence-corrected chi connectivity index (χ1v) is 10.6. The van der Waals surface area contributed by atoms with E-state index in [0.29, 0.717) is 11.3 Å². The third-order valence-corrected chi connectivity index (χ3v) is 6.36. The molecule has 0 saturated carbocycles. The number of thiazole rings is 1. The Morgan fingerprint density at radius 2 is 2.07 bits per heavy atom. The second-order valence-corrected chi connectivity index (χ2v) is 8.28. The van der Waals surface area contributed by atoms with E-state index in [9.17, 15) is 13.6 Å². The summed E-state index contributed by atoms with van der Waals surface area (Å²) in [5, 5.41) is 7.45. The second kappa shape index (κ2) is 9.44. The molecule has 0 fully saturated rings. The number of benzene rings is 1. The maximum absolute atomic E-state index is 12.5. The molecule has 1 amide bonds. The number of rotatable bonds is 8. The summed E-state index contributed by atoms with van der Waals surface area (Å²) in [4.78, 5) is 17.7. The van der Waals surface area contributed by atoms with Crippen LogP contribution >= 0.6 is 38.6 Å². The molecule has 0 radical (unpaired) electrons. The molecule has 0 aliphatic rings. The summed E-state index contributed by atoms with van der Waals surface area (Å²) < 4.78 is 35.4. The van der Waals surface area contributed by atoms with Gasteiger partial charge < -0.3 is 14.8 Å². The molecule has 2 aromatic heterocycles. The van der Waals surface area contributed by atoms with Crippen molar-refractivity contribution in [1.82, 2.24) is 10.3 Å². The SMILES string of the molecule is COc1ccc(CNC(=O)Cc2csc(-c3cc(Br)cs3)n2)cc1OC(F)F. The lowest BCUT2D eigenvalue weighted by Crippen LogP contribution is -2.24. The zero-order chi connectivity index (χ0) is 20.1. The summed E-state index contributed by atoms with van der Waals surface area (Å²) in [6.45, 7) is -2.78. The van der Waals surface area contributed by atoms with Crippen molar-refractivity contribution in [2.75, 3.05) is 7.11 Å². The van der Waals surface area contributed by atoms with Gasteiger partial charge in [-0.05, 0) is 39.7 Å². The number of hydrogen-bond donors (Lipinski definition) is 1. The van der Waals surface area contributed by atoms with Gasteiger partial charge >= 0.3 is 6.61 Å². The number of nitrogens with one attached hydrogen (secondary N) is 1. The van der Waals surface area contributed by atoms with E-state index in [1.807, 2.05) is 16.8 Å². The normalized spacial score (nSPS) is 10.9. The molecule has 2 heterocycles. The Morgan fingerprint density at radius 3 is 2.75 bits per heavy atom. The summed E-state index contributed by atoms with van der Waals surface area (Å²) in [6.07, 6.45) is 0.138. The highest BCUT2D eigenvalue weighted by Gasteiger charge is 2.13. The van der Waals surface area contributed by atoms with E-state index in [1.54, 1.807) is 17.4 Å². The summed E-state index contributed by atoms with van der Waals surface area (Å²) in [5.41, 5.74) is 1.30. The van der Waals surface area contributed by atoms with Crippen molar-refractivity contribution < 1.29 is 23.0 Å². The van der Waals surface area contributed by atoms with Gasteiger partial charge in [0.1, 0.15) is 5.01 Å². The lowest BCUT2D eigenvalue weighted by molar-refractivity contribution is -0.120. The number of alkyl halides is 2. The molecule has 0 saturated heterocycles. The predicted octanol–water partition coefficient (Wildman–Crippen LogP) is 5.10. The van der Waals surface area contributed by atoms with Crippen molar-refractivity contribution in [3.8, 4) is 21.4 Å². The monoisotopic (exact) mass is 488 g/mol. The average molecular weight is 489 g/mol. The van der Waals surface area contributed by atoms with E-state index in [-0.39, 0.29) is 30.4 Å². The zero-order valence-corrected chi connectivity index (χ0v) is 17.8. The van der Waals surface area contributed by atoms with Crippen LogP contribution < -0.4 is 14.8 Å². The molecule has 0 unspecified atom stereocenters. The molecule has 28 heavy (non-hydrogen) atoms. The number of halogens is 3. The Morgan fingerprint density at radius 1 is 1.25 bits per heavy atom. The van der Waals surface area contributed by atoms with Crippen LogP contribution in [0.2, 0.25) is 0 Å². The number of hydrogen-bond acceptors (Lipinski definition) is 6. The third-order valence-electron chi connectivity index (χ3n) is 3.61. The maximum Gasteiger partial charge on any atom is 0.387 e. The minimum Gasteiger partial charge on any atom is -0.493 e. The molecule has 148 valence electrons. The largest absolute Gasteiger partial charge is 0.493 e. The first-order valence-electron chi connectivity index (χ1n) is 8.02. The minimum atomic E-state index is -2.96. The number of aromatic nitrogens is 1. The Balaban J connectivity index is 1.58. The van der Waals surface area contributed by atoms with E-state index < -0.39 is 6.61 Å². The molecule has 1 N–H and O–H groups in total. The number of ether oxygens (including phenoxy) is 2. The molecule has 0 spiro atoms. The van der Waals surface area contributed by atoms with Gasteiger partial charge in [-0.15, -0.1) is 22.7 Å². The van der Waals surface area contributed by atoms with Crippen LogP contribution in [0.4, 0.5) is 8.78 Å². The van der Waals surface area contributed by atoms with Crippen molar-refractivity contribution in [1.29, 1.82) is 0 Å². The molecular weight excluding hydrogens is 474 g/mol. The second-order valence-electron chi connectivity index (χ2n) is 5.59. The fourth-order valence-corrected chi connectivity index (χ4v) is 4.70. The van der Waals surface area contributed by atoms with Crippen LogP contribution in [0.25, 0.3) is 9.88 Å². The van der Waals surface area contributed by atoms with Crippen LogP contribution in [-0.2, 0) is 17.8 Å². The molecule has 5 nitrogen and oxygen atoms in total. The Bertz CT molecular complexity index is 962. The van der Waals surface area contributed by atoms with Crippen LogP contribution in [-0.4, -0.2) is 24.6 Å². The third kappa shape index (κ3) is 5.49. The van der Waals surface area contributed by atoms with E-state index >= 15 is 0 Å². The number of carbonyl (C=O) groups excluding carboxylic acids is 1. The van der Waals surface area contributed by atoms with Gasteiger partial charge in [0.15, 0.2) is 11.5 Å². The number of carbonyl (C=O) groups is 1.